The van der Waals surface area contributed by atoms with E-state index in [0.717, 1.165) is 38.6 Å². The van der Waals surface area contributed by atoms with Gasteiger partial charge in [-0.15, -0.1) is 0 Å². The monoisotopic (exact) mass is 286 g/mol. The lowest BCUT2D eigenvalue weighted by Crippen LogP contribution is -2.58. The zero-order valence-corrected chi connectivity index (χ0v) is 12.3. The van der Waals surface area contributed by atoms with Gasteiger partial charge in [-0.05, 0) is 31.2 Å². The molecule has 0 aliphatic carbocycles. The van der Waals surface area contributed by atoms with Crippen molar-refractivity contribution < 1.29 is 9.59 Å². The molecule has 3 rings (SSSR count). The number of nitrogens with zero attached hydrogens (tertiary/aromatic N) is 1. The minimum atomic E-state index is -0.307. The van der Waals surface area contributed by atoms with E-state index in [2.05, 4.69) is 17.4 Å². The van der Waals surface area contributed by atoms with Crippen LogP contribution in [0.1, 0.15) is 37.7 Å². The Morgan fingerprint density at radius 2 is 2.00 bits per heavy atom. The van der Waals surface area contributed by atoms with Gasteiger partial charge in [-0.2, -0.15) is 0 Å². The van der Waals surface area contributed by atoms with E-state index >= 15 is 0 Å². The molecule has 1 aromatic carbocycles. The van der Waals surface area contributed by atoms with Gasteiger partial charge in [0.15, 0.2) is 0 Å². The molecule has 2 fully saturated rings. The van der Waals surface area contributed by atoms with E-state index in [1.807, 2.05) is 23.1 Å². The molecule has 4 nitrogen and oxygen atoms in total. The third-order valence-electron chi connectivity index (χ3n) is 4.52. The molecule has 2 aliphatic heterocycles. The zero-order valence-electron chi connectivity index (χ0n) is 12.3. The molecular weight excluding hydrogens is 264 g/mol. The first-order valence-electron chi connectivity index (χ1n) is 7.88. The Balaban J connectivity index is 1.61. The van der Waals surface area contributed by atoms with Crippen LogP contribution in [0.25, 0.3) is 0 Å². The lowest BCUT2D eigenvalue weighted by molar-refractivity contribution is -0.143. The molecule has 1 aromatic rings. The van der Waals surface area contributed by atoms with Gasteiger partial charge in [-0.1, -0.05) is 36.8 Å². The van der Waals surface area contributed by atoms with Crippen LogP contribution in [0, 0.1) is 0 Å². The molecule has 0 aromatic heterocycles. The summed E-state index contributed by atoms with van der Waals surface area (Å²) >= 11 is 0. The molecule has 0 radical (unpaired) electrons. The molecule has 0 bridgehead atoms. The van der Waals surface area contributed by atoms with Gasteiger partial charge < -0.3 is 10.2 Å². The highest BCUT2D eigenvalue weighted by molar-refractivity contribution is 5.88. The Hall–Kier alpha value is -1.84. The summed E-state index contributed by atoms with van der Waals surface area (Å²) in [5, 5.41) is 2.88. The standard InChI is InChI=1S/C17H22N2O2/c20-16-9-5-4-8-15(18-16)17(21)19-11-10-14(19)12-13-6-2-1-3-7-13/h1-3,6-7,14-15H,4-5,8-12H2,(H,18,20). The second-order valence-corrected chi connectivity index (χ2v) is 6.03. The number of nitrogens with one attached hydrogen (secondary N) is 1. The minimum Gasteiger partial charge on any atom is -0.344 e. The van der Waals surface area contributed by atoms with Gasteiger partial charge in [0.2, 0.25) is 11.8 Å². The van der Waals surface area contributed by atoms with Crippen LogP contribution in [-0.4, -0.2) is 35.3 Å². The number of likely N-dealkylation sites (tertiary alicyclic amines) is 1. The van der Waals surface area contributed by atoms with Crippen molar-refractivity contribution in [2.45, 2.75) is 50.6 Å². The van der Waals surface area contributed by atoms with Gasteiger partial charge in [0.05, 0.1) is 0 Å². The third kappa shape index (κ3) is 3.26. The normalized spacial score (nSPS) is 25.7. The van der Waals surface area contributed by atoms with Gasteiger partial charge in [-0.25, -0.2) is 0 Å². The summed E-state index contributed by atoms with van der Waals surface area (Å²) in [5.74, 6) is 0.128. The maximum atomic E-state index is 12.6. The molecule has 2 amide bonds. The summed E-state index contributed by atoms with van der Waals surface area (Å²) in [6.45, 7) is 0.822. The summed E-state index contributed by atoms with van der Waals surface area (Å²) in [6.07, 6.45) is 5.14. The van der Waals surface area contributed by atoms with Crippen LogP contribution < -0.4 is 5.32 Å². The predicted octanol–water partition coefficient (Wildman–Crippen LogP) is 1.89. The SMILES string of the molecule is O=C1CCCCC(C(=O)N2CCC2Cc2ccccc2)N1. The number of carbonyl (C=O) groups excluding carboxylic acids is 2. The quantitative estimate of drug-likeness (QED) is 0.922. The number of carbonyl (C=O) groups is 2. The van der Waals surface area contributed by atoms with E-state index < -0.39 is 0 Å². The highest BCUT2D eigenvalue weighted by Crippen LogP contribution is 2.24. The van der Waals surface area contributed by atoms with Crippen molar-refractivity contribution in [1.82, 2.24) is 10.2 Å². The minimum absolute atomic E-state index is 0.0194. The molecule has 2 aliphatic rings. The number of benzene rings is 1. The number of amides is 2. The van der Waals surface area contributed by atoms with E-state index in [-0.39, 0.29) is 17.9 Å². The van der Waals surface area contributed by atoms with Gasteiger partial charge >= 0.3 is 0 Å². The summed E-state index contributed by atoms with van der Waals surface area (Å²) < 4.78 is 0. The van der Waals surface area contributed by atoms with Crippen LogP contribution in [0.4, 0.5) is 0 Å². The first-order chi connectivity index (χ1) is 10.2. The Morgan fingerprint density at radius 1 is 1.19 bits per heavy atom. The Kier molecular flexibility index (Phi) is 4.23. The average Bonchev–Trinajstić information content (AvgIpc) is 2.69. The van der Waals surface area contributed by atoms with E-state index in [4.69, 9.17) is 0 Å². The molecule has 21 heavy (non-hydrogen) atoms. The number of rotatable bonds is 3. The first-order valence-corrected chi connectivity index (χ1v) is 7.88. The highest BCUT2D eigenvalue weighted by Gasteiger charge is 2.36. The van der Waals surface area contributed by atoms with Gasteiger partial charge in [0.25, 0.3) is 0 Å². The largest absolute Gasteiger partial charge is 0.344 e. The molecule has 2 atom stereocenters. The highest BCUT2D eigenvalue weighted by atomic mass is 16.2. The van der Waals surface area contributed by atoms with Gasteiger partial charge in [-0.3, -0.25) is 9.59 Å². The smallest absolute Gasteiger partial charge is 0.245 e. The number of hydrogen-bond acceptors (Lipinski definition) is 2. The number of hydrogen-bond donors (Lipinski definition) is 1. The summed E-state index contributed by atoms with van der Waals surface area (Å²) in [7, 11) is 0. The molecule has 0 spiro atoms. The third-order valence-corrected chi connectivity index (χ3v) is 4.52. The molecule has 2 heterocycles. The van der Waals surface area contributed by atoms with E-state index in [0.29, 0.717) is 12.5 Å². The first kappa shape index (κ1) is 14.1. The second kappa shape index (κ2) is 6.29. The predicted molar refractivity (Wildman–Crippen MR) is 80.7 cm³/mol. The fourth-order valence-electron chi connectivity index (χ4n) is 3.19. The second-order valence-electron chi connectivity index (χ2n) is 6.03. The average molecular weight is 286 g/mol. The van der Waals surface area contributed by atoms with Crippen molar-refractivity contribution in [2.75, 3.05) is 6.54 Å². The van der Waals surface area contributed by atoms with Crippen molar-refractivity contribution in [3.8, 4) is 0 Å². The molecule has 0 saturated carbocycles. The fourth-order valence-corrected chi connectivity index (χ4v) is 3.19. The Labute approximate surface area is 125 Å². The lowest BCUT2D eigenvalue weighted by Gasteiger charge is -2.43. The lowest BCUT2D eigenvalue weighted by atomic mass is 9.93. The summed E-state index contributed by atoms with van der Waals surface area (Å²) in [5.41, 5.74) is 1.27. The van der Waals surface area contributed by atoms with Crippen LogP contribution in [0.15, 0.2) is 30.3 Å². The molecule has 2 unspecified atom stereocenters. The fraction of sp³-hybridized carbons (Fsp3) is 0.529. The summed E-state index contributed by atoms with van der Waals surface area (Å²) in [4.78, 5) is 26.2. The van der Waals surface area contributed by atoms with Crippen LogP contribution in [0.3, 0.4) is 0 Å². The zero-order chi connectivity index (χ0) is 14.7. The van der Waals surface area contributed by atoms with Crippen LogP contribution in [-0.2, 0) is 16.0 Å². The topological polar surface area (TPSA) is 49.4 Å². The van der Waals surface area contributed by atoms with E-state index in [9.17, 15) is 9.59 Å². The van der Waals surface area contributed by atoms with Crippen LogP contribution in [0.5, 0.6) is 0 Å². The molecular formula is C17H22N2O2. The molecule has 4 heteroatoms. The molecule has 2 saturated heterocycles. The van der Waals surface area contributed by atoms with Crippen molar-refractivity contribution in [3.63, 3.8) is 0 Å². The summed E-state index contributed by atoms with van der Waals surface area (Å²) in [6, 6.07) is 10.3. The molecule has 112 valence electrons. The molecule has 1 N–H and O–H groups in total. The maximum absolute atomic E-state index is 12.6. The van der Waals surface area contributed by atoms with Gasteiger partial charge in [0, 0.05) is 19.0 Å². The van der Waals surface area contributed by atoms with Crippen molar-refractivity contribution >= 4 is 11.8 Å². The Bertz CT molecular complexity index is 515. The van der Waals surface area contributed by atoms with Gasteiger partial charge in [0.1, 0.15) is 6.04 Å². The van der Waals surface area contributed by atoms with Crippen molar-refractivity contribution in [2.24, 2.45) is 0 Å². The Morgan fingerprint density at radius 3 is 2.71 bits per heavy atom. The van der Waals surface area contributed by atoms with Crippen LogP contribution in [0.2, 0.25) is 0 Å². The van der Waals surface area contributed by atoms with Crippen LogP contribution >= 0.6 is 0 Å². The van der Waals surface area contributed by atoms with E-state index in [1.165, 1.54) is 5.56 Å². The maximum Gasteiger partial charge on any atom is 0.245 e. The van der Waals surface area contributed by atoms with Crippen molar-refractivity contribution in [1.29, 1.82) is 0 Å². The van der Waals surface area contributed by atoms with E-state index in [1.54, 1.807) is 0 Å². The van der Waals surface area contributed by atoms with Crippen molar-refractivity contribution in [3.05, 3.63) is 35.9 Å².